The number of aromatic nitrogens is 5. The molecule has 1 fully saturated rings. The summed E-state index contributed by atoms with van der Waals surface area (Å²) in [6.07, 6.45) is 8.78. The lowest BCUT2D eigenvalue weighted by Crippen LogP contribution is -2.30. The largest absolute Gasteiger partial charge is 0.352 e. The second-order valence-corrected chi connectivity index (χ2v) is 7.52. The van der Waals surface area contributed by atoms with Crippen LogP contribution in [0.4, 0.5) is 0 Å². The van der Waals surface area contributed by atoms with E-state index in [4.69, 9.17) is 4.98 Å². The fourth-order valence-electron chi connectivity index (χ4n) is 3.37. The van der Waals surface area contributed by atoms with Gasteiger partial charge in [0.25, 0.3) is 5.91 Å². The van der Waals surface area contributed by atoms with Gasteiger partial charge in [-0.1, -0.05) is 13.8 Å². The predicted molar refractivity (Wildman–Crippen MR) is 104 cm³/mol. The van der Waals surface area contributed by atoms with Crippen molar-refractivity contribution in [3.8, 4) is 0 Å². The van der Waals surface area contributed by atoms with Gasteiger partial charge in [-0.25, -0.2) is 9.67 Å². The molecule has 1 aliphatic carbocycles. The maximum Gasteiger partial charge on any atom is 0.252 e. The molecule has 0 spiro atoms. The second-order valence-electron chi connectivity index (χ2n) is 7.52. The minimum Gasteiger partial charge on any atom is -0.352 e. The van der Waals surface area contributed by atoms with E-state index in [0.717, 1.165) is 49.1 Å². The SMILES string of the molecule is CCCn1ncc2c(C(=O)NC[C@@H](C)Cn3cccn3)cc(C3CC3)nc21. The highest BCUT2D eigenvalue weighted by atomic mass is 16.1. The van der Waals surface area contributed by atoms with Crippen LogP contribution in [0.1, 0.15) is 55.1 Å². The molecule has 0 aliphatic heterocycles. The standard InChI is InChI=1S/C20H26N6O/c1-3-8-26-19-17(12-23-26)16(10-18(24-19)15-5-6-15)20(27)21-11-14(2)13-25-9-4-7-22-25/h4,7,9-10,12,14-15H,3,5-6,8,11,13H2,1-2H3,(H,21,27)/t14-/m1/s1. The number of nitrogens with one attached hydrogen (secondary N) is 1. The zero-order chi connectivity index (χ0) is 18.8. The van der Waals surface area contributed by atoms with Gasteiger partial charge in [0.15, 0.2) is 5.65 Å². The quantitative estimate of drug-likeness (QED) is 0.665. The summed E-state index contributed by atoms with van der Waals surface area (Å²) in [4.78, 5) is 17.7. The van der Waals surface area contributed by atoms with E-state index < -0.39 is 0 Å². The summed E-state index contributed by atoms with van der Waals surface area (Å²) in [5, 5.41) is 12.6. The second kappa shape index (κ2) is 7.50. The van der Waals surface area contributed by atoms with Crippen LogP contribution in [0.15, 0.2) is 30.7 Å². The summed E-state index contributed by atoms with van der Waals surface area (Å²) < 4.78 is 3.81. The lowest BCUT2D eigenvalue weighted by Gasteiger charge is -2.14. The van der Waals surface area contributed by atoms with Gasteiger partial charge in [0.05, 0.1) is 17.1 Å². The van der Waals surface area contributed by atoms with Crippen LogP contribution in [0.2, 0.25) is 0 Å². The molecule has 0 radical (unpaired) electrons. The van der Waals surface area contributed by atoms with Crippen molar-refractivity contribution in [2.45, 2.75) is 52.1 Å². The summed E-state index contributed by atoms with van der Waals surface area (Å²) in [5.41, 5.74) is 2.54. The molecule has 1 saturated carbocycles. The van der Waals surface area contributed by atoms with Crippen molar-refractivity contribution in [1.29, 1.82) is 0 Å². The molecule has 1 aliphatic rings. The number of pyridine rings is 1. The highest BCUT2D eigenvalue weighted by Gasteiger charge is 2.28. The van der Waals surface area contributed by atoms with Gasteiger partial charge in [-0.15, -0.1) is 0 Å². The number of carbonyl (C=O) groups is 1. The van der Waals surface area contributed by atoms with Crippen molar-refractivity contribution in [3.63, 3.8) is 0 Å². The van der Waals surface area contributed by atoms with E-state index in [1.165, 1.54) is 0 Å². The van der Waals surface area contributed by atoms with Crippen LogP contribution < -0.4 is 5.32 Å². The maximum absolute atomic E-state index is 12.9. The Morgan fingerprint density at radius 2 is 2.22 bits per heavy atom. The summed E-state index contributed by atoms with van der Waals surface area (Å²) in [6, 6.07) is 3.87. The highest BCUT2D eigenvalue weighted by Crippen LogP contribution is 2.40. The number of aryl methyl sites for hydroxylation is 1. The molecular formula is C20H26N6O. The summed E-state index contributed by atoms with van der Waals surface area (Å²) in [7, 11) is 0. The van der Waals surface area contributed by atoms with Gasteiger partial charge >= 0.3 is 0 Å². The topological polar surface area (TPSA) is 77.6 Å². The molecule has 1 amide bonds. The minimum atomic E-state index is -0.0485. The molecule has 27 heavy (non-hydrogen) atoms. The number of fused-ring (bicyclic) bond motifs is 1. The number of nitrogens with zero attached hydrogens (tertiary/aromatic N) is 5. The van der Waals surface area contributed by atoms with Gasteiger partial charge in [0.1, 0.15) is 0 Å². The Labute approximate surface area is 158 Å². The first kappa shape index (κ1) is 17.7. The van der Waals surface area contributed by atoms with E-state index in [9.17, 15) is 4.79 Å². The molecule has 142 valence electrons. The minimum absolute atomic E-state index is 0.0485. The first-order valence-electron chi connectivity index (χ1n) is 9.77. The van der Waals surface area contributed by atoms with Crippen LogP contribution in [-0.4, -0.2) is 37.0 Å². The van der Waals surface area contributed by atoms with Crippen LogP contribution >= 0.6 is 0 Å². The van der Waals surface area contributed by atoms with Crippen molar-refractivity contribution in [2.24, 2.45) is 5.92 Å². The fourth-order valence-corrected chi connectivity index (χ4v) is 3.37. The third-order valence-corrected chi connectivity index (χ3v) is 4.97. The average Bonchev–Trinajstić information content (AvgIpc) is 3.26. The van der Waals surface area contributed by atoms with Crippen molar-refractivity contribution in [3.05, 3.63) is 42.0 Å². The number of amides is 1. The van der Waals surface area contributed by atoms with Gasteiger partial charge in [-0.2, -0.15) is 10.2 Å². The molecule has 3 aromatic rings. The van der Waals surface area contributed by atoms with Crippen LogP contribution in [0, 0.1) is 5.92 Å². The van der Waals surface area contributed by atoms with Gasteiger partial charge in [0.2, 0.25) is 0 Å². The zero-order valence-corrected chi connectivity index (χ0v) is 15.9. The van der Waals surface area contributed by atoms with Crippen LogP contribution in [0.3, 0.4) is 0 Å². The third kappa shape index (κ3) is 3.86. The summed E-state index contributed by atoms with van der Waals surface area (Å²) in [6.45, 7) is 6.42. The maximum atomic E-state index is 12.9. The van der Waals surface area contributed by atoms with Crippen molar-refractivity contribution >= 4 is 16.9 Å². The number of hydrogen-bond donors (Lipinski definition) is 1. The normalized spacial score (nSPS) is 15.2. The molecule has 0 saturated heterocycles. The van der Waals surface area contributed by atoms with Gasteiger partial charge < -0.3 is 5.32 Å². The van der Waals surface area contributed by atoms with Gasteiger partial charge in [-0.3, -0.25) is 9.48 Å². The highest BCUT2D eigenvalue weighted by molar-refractivity contribution is 6.05. The molecule has 0 unspecified atom stereocenters. The van der Waals surface area contributed by atoms with Gasteiger partial charge in [0, 0.05) is 43.6 Å². The smallest absolute Gasteiger partial charge is 0.252 e. The Hall–Kier alpha value is -2.70. The molecular weight excluding hydrogens is 340 g/mol. The Morgan fingerprint density at radius 3 is 2.93 bits per heavy atom. The Morgan fingerprint density at radius 1 is 1.37 bits per heavy atom. The molecule has 1 N–H and O–H groups in total. The van der Waals surface area contributed by atoms with E-state index >= 15 is 0 Å². The average molecular weight is 366 g/mol. The van der Waals surface area contributed by atoms with Crippen molar-refractivity contribution in [2.75, 3.05) is 6.54 Å². The number of hydrogen-bond acceptors (Lipinski definition) is 4. The van der Waals surface area contributed by atoms with Crippen LogP contribution in [0.5, 0.6) is 0 Å². The Kier molecular flexibility index (Phi) is 4.92. The third-order valence-electron chi connectivity index (χ3n) is 4.97. The summed E-state index contributed by atoms with van der Waals surface area (Å²) >= 11 is 0. The summed E-state index contributed by atoms with van der Waals surface area (Å²) in [5.74, 6) is 0.731. The molecule has 0 bridgehead atoms. The molecule has 4 rings (SSSR count). The van der Waals surface area contributed by atoms with Crippen LogP contribution in [0.25, 0.3) is 11.0 Å². The molecule has 0 aromatic carbocycles. The first-order valence-corrected chi connectivity index (χ1v) is 9.77. The molecule has 7 heteroatoms. The Bertz CT molecular complexity index is 926. The van der Waals surface area contributed by atoms with Crippen molar-refractivity contribution < 1.29 is 4.79 Å². The molecule has 1 atom stereocenters. The van der Waals surface area contributed by atoms with E-state index in [1.807, 2.05) is 27.7 Å². The van der Waals surface area contributed by atoms with Crippen LogP contribution in [-0.2, 0) is 13.1 Å². The van der Waals surface area contributed by atoms with Crippen molar-refractivity contribution in [1.82, 2.24) is 29.9 Å². The number of rotatable bonds is 8. The lowest BCUT2D eigenvalue weighted by atomic mass is 10.1. The first-order chi connectivity index (χ1) is 13.2. The van der Waals surface area contributed by atoms with E-state index in [0.29, 0.717) is 18.0 Å². The molecule has 3 aromatic heterocycles. The fraction of sp³-hybridized carbons (Fsp3) is 0.500. The molecule has 3 heterocycles. The lowest BCUT2D eigenvalue weighted by molar-refractivity contribution is 0.0948. The van der Waals surface area contributed by atoms with Gasteiger partial charge in [-0.05, 0) is 37.3 Å². The monoisotopic (exact) mass is 366 g/mol. The van der Waals surface area contributed by atoms with E-state index in [1.54, 1.807) is 12.4 Å². The predicted octanol–water partition coefficient (Wildman–Crippen LogP) is 2.98. The Balaban J connectivity index is 1.53. The van der Waals surface area contributed by atoms with E-state index in [-0.39, 0.29) is 11.8 Å². The van der Waals surface area contributed by atoms with E-state index in [2.05, 4.69) is 29.4 Å². The number of carbonyl (C=O) groups excluding carboxylic acids is 1. The zero-order valence-electron chi connectivity index (χ0n) is 15.9. The molecule has 7 nitrogen and oxygen atoms in total.